The van der Waals surface area contributed by atoms with Crippen LogP contribution in [0.15, 0.2) is 85.0 Å². The van der Waals surface area contributed by atoms with Gasteiger partial charge in [-0.1, -0.05) is 42.5 Å². The minimum absolute atomic E-state index is 0.362. The van der Waals surface area contributed by atoms with Crippen LogP contribution in [0.5, 0.6) is 0 Å². The van der Waals surface area contributed by atoms with Crippen molar-refractivity contribution in [1.82, 2.24) is 0 Å². The van der Waals surface area contributed by atoms with Gasteiger partial charge >= 0.3 is 6.18 Å². The van der Waals surface area contributed by atoms with Gasteiger partial charge < -0.3 is 20.6 Å². The molecule has 37 heavy (non-hydrogen) atoms. The molecule has 1 aliphatic heterocycles. The number of aliphatic hydroxyl groups excluding tert-OH is 1. The third-order valence-electron chi connectivity index (χ3n) is 6.13. The number of anilines is 3. The fraction of sp³-hybridized carbons (Fsp3) is 0.207. The summed E-state index contributed by atoms with van der Waals surface area (Å²) in [5, 5.41) is 16.0. The number of benzene rings is 3. The smallest absolute Gasteiger partial charge is 0.391 e. The van der Waals surface area contributed by atoms with E-state index in [4.69, 9.17) is 0 Å². The van der Waals surface area contributed by atoms with E-state index in [0.29, 0.717) is 29.8 Å². The molecule has 3 aromatic rings. The summed E-state index contributed by atoms with van der Waals surface area (Å²) in [5.74, 6) is -0.362. The van der Waals surface area contributed by atoms with E-state index in [0.717, 1.165) is 34.6 Å². The Morgan fingerprint density at radius 1 is 1.03 bits per heavy atom. The van der Waals surface area contributed by atoms with E-state index >= 15 is 0 Å². The number of β-amino-alcohol motifs (C(OH)–C–C–N with tert-alkyl or cyclic N) is 1. The van der Waals surface area contributed by atoms with Crippen molar-refractivity contribution in [3.63, 3.8) is 0 Å². The summed E-state index contributed by atoms with van der Waals surface area (Å²) < 4.78 is 39.2. The van der Waals surface area contributed by atoms with Crippen molar-refractivity contribution >= 4 is 28.5 Å². The number of fused-ring (bicyclic) bond motifs is 1. The highest BCUT2D eigenvalue weighted by Crippen LogP contribution is 2.32. The zero-order valence-corrected chi connectivity index (χ0v) is 20.5. The number of halogens is 3. The first-order valence-electron chi connectivity index (χ1n) is 11.8. The maximum Gasteiger partial charge on any atom is 0.416 e. The lowest BCUT2D eigenvalue weighted by Crippen LogP contribution is -2.28. The molecule has 3 aromatic carbocycles. The summed E-state index contributed by atoms with van der Waals surface area (Å²) in [6.45, 7) is 0.456. The fourth-order valence-corrected chi connectivity index (χ4v) is 4.17. The molecule has 0 saturated carbocycles. The van der Waals surface area contributed by atoms with Crippen LogP contribution in [0, 0.1) is 0 Å². The van der Waals surface area contributed by atoms with E-state index in [1.54, 1.807) is 18.2 Å². The van der Waals surface area contributed by atoms with E-state index in [1.165, 1.54) is 18.2 Å². The Bertz CT molecular complexity index is 1310. The average Bonchev–Trinajstić information content (AvgIpc) is 2.87. The number of amides is 1. The van der Waals surface area contributed by atoms with E-state index in [-0.39, 0.29) is 5.91 Å². The molecule has 1 atom stereocenters. The molecule has 0 bridgehead atoms. The predicted octanol–water partition coefficient (Wildman–Crippen LogP) is 5.73. The molecule has 0 aliphatic carbocycles. The van der Waals surface area contributed by atoms with Crippen LogP contribution >= 0.6 is 0 Å². The Labute approximate surface area is 213 Å². The highest BCUT2D eigenvalue weighted by molar-refractivity contribution is 6.00. The van der Waals surface area contributed by atoms with Crippen LogP contribution in [-0.2, 0) is 17.4 Å². The van der Waals surface area contributed by atoms with Crippen LogP contribution < -0.4 is 15.5 Å². The number of hydrogen-bond acceptors (Lipinski definition) is 4. The van der Waals surface area contributed by atoms with E-state index in [9.17, 15) is 23.1 Å². The predicted molar refractivity (Wildman–Crippen MR) is 142 cm³/mol. The number of rotatable bonds is 6. The summed E-state index contributed by atoms with van der Waals surface area (Å²) in [4.78, 5) is 14.6. The molecule has 0 saturated heterocycles. The molecule has 4 rings (SSSR count). The molecular formula is C29H28F3N3O2. The number of carbonyl (C=O) groups is 1. The number of nitrogens with one attached hydrogen (secondary N) is 2. The van der Waals surface area contributed by atoms with Gasteiger partial charge in [0.05, 0.1) is 11.7 Å². The summed E-state index contributed by atoms with van der Waals surface area (Å²) >= 11 is 0. The second-order valence-electron chi connectivity index (χ2n) is 9.02. The minimum Gasteiger partial charge on any atom is -0.391 e. The van der Waals surface area contributed by atoms with Gasteiger partial charge in [-0.05, 0) is 53.1 Å². The molecule has 1 amide bonds. The molecule has 0 fully saturated rings. The van der Waals surface area contributed by atoms with Gasteiger partial charge in [-0.25, -0.2) is 0 Å². The summed E-state index contributed by atoms with van der Waals surface area (Å²) in [5.41, 5.74) is 4.65. The summed E-state index contributed by atoms with van der Waals surface area (Å²) in [6.07, 6.45) is 0.127. The lowest BCUT2D eigenvalue weighted by molar-refractivity contribution is -0.137. The molecule has 1 unspecified atom stereocenters. The van der Waals surface area contributed by atoms with Crippen molar-refractivity contribution in [1.29, 1.82) is 0 Å². The van der Waals surface area contributed by atoms with Crippen molar-refractivity contribution < 1.29 is 23.1 Å². The zero-order valence-electron chi connectivity index (χ0n) is 20.5. The normalized spacial score (nSPS) is 15.7. The van der Waals surface area contributed by atoms with Gasteiger partial charge in [0, 0.05) is 55.8 Å². The molecule has 0 radical (unpaired) electrons. The van der Waals surface area contributed by atoms with E-state index in [1.807, 2.05) is 55.4 Å². The Balaban J connectivity index is 1.60. The Morgan fingerprint density at radius 3 is 2.30 bits per heavy atom. The molecule has 1 aliphatic rings. The summed E-state index contributed by atoms with van der Waals surface area (Å²) in [7, 11) is 3.84. The topological polar surface area (TPSA) is 64.6 Å². The largest absolute Gasteiger partial charge is 0.416 e. The molecule has 0 aromatic heterocycles. The SMILES string of the molecule is CN(C)c1ccc(C(=CC=CC(=O)Nc2cccc3c2CC(O)CN3)c2ccc(C(F)(F)F)cc2)cc1. The number of nitrogens with zero attached hydrogens (tertiary/aromatic N) is 1. The van der Waals surface area contributed by atoms with Crippen molar-refractivity contribution in [2.75, 3.05) is 36.2 Å². The maximum absolute atomic E-state index is 13.1. The van der Waals surface area contributed by atoms with Crippen LogP contribution in [0.1, 0.15) is 22.3 Å². The monoisotopic (exact) mass is 507 g/mol. The minimum atomic E-state index is -4.42. The fourth-order valence-electron chi connectivity index (χ4n) is 4.17. The molecule has 3 N–H and O–H groups in total. The molecule has 192 valence electrons. The quantitative estimate of drug-likeness (QED) is 0.295. The maximum atomic E-state index is 13.1. The van der Waals surface area contributed by atoms with Crippen molar-refractivity contribution in [2.24, 2.45) is 0 Å². The number of aliphatic hydroxyl groups is 1. The van der Waals surface area contributed by atoms with Gasteiger partial charge in [0.25, 0.3) is 0 Å². The number of hydrogen-bond donors (Lipinski definition) is 3. The van der Waals surface area contributed by atoms with Gasteiger partial charge in [0.2, 0.25) is 5.91 Å². The standard InChI is InChI=1S/C29H28F3N3O2/c1-35(2)22-15-11-20(12-16-22)24(19-9-13-21(14-10-19)29(30,31)32)5-3-8-28(37)34-27-7-4-6-26-25(27)17-23(36)18-33-26/h3-16,23,33,36H,17-18H2,1-2H3,(H,34,37). The van der Waals surface area contributed by atoms with Crippen LogP contribution in [0.4, 0.5) is 30.2 Å². The van der Waals surface area contributed by atoms with Crippen LogP contribution in [0.25, 0.3) is 5.57 Å². The molecule has 5 nitrogen and oxygen atoms in total. The second-order valence-corrected chi connectivity index (χ2v) is 9.02. The van der Waals surface area contributed by atoms with Crippen LogP contribution in [0.2, 0.25) is 0 Å². The van der Waals surface area contributed by atoms with Gasteiger partial charge in [-0.3, -0.25) is 4.79 Å². The van der Waals surface area contributed by atoms with Gasteiger partial charge in [-0.2, -0.15) is 13.2 Å². The number of carbonyl (C=O) groups excluding carboxylic acids is 1. The molecule has 0 spiro atoms. The van der Waals surface area contributed by atoms with Crippen LogP contribution in [0.3, 0.4) is 0 Å². The Morgan fingerprint density at radius 2 is 1.68 bits per heavy atom. The summed E-state index contributed by atoms with van der Waals surface area (Å²) in [6, 6.07) is 18.1. The van der Waals surface area contributed by atoms with Gasteiger partial charge in [0.15, 0.2) is 0 Å². The van der Waals surface area contributed by atoms with Crippen LogP contribution in [-0.4, -0.2) is 37.8 Å². The second kappa shape index (κ2) is 10.9. The lowest BCUT2D eigenvalue weighted by Gasteiger charge is -2.24. The van der Waals surface area contributed by atoms with Gasteiger partial charge in [0.1, 0.15) is 0 Å². The Kier molecular flexibility index (Phi) is 7.69. The number of alkyl halides is 3. The van der Waals surface area contributed by atoms with Crippen molar-refractivity contribution in [3.05, 3.63) is 107 Å². The zero-order chi connectivity index (χ0) is 26.6. The number of allylic oxidation sites excluding steroid dienone is 2. The van der Waals surface area contributed by atoms with Crippen molar-refractivity contribution in [3.8, 4) is 0 Å². The highest BCUT2D eigenvalue weighted by Gasteiger charge is 2.30. The van der Waals surface area contributed by atoms with Gasteiger partial charge in [-0.15, -0.1) is 0 Å². The lowest BCUT2D eigenvalue weighted by atomic mass is 9.96. The molecule has 1 heterocycles. The highest BCUT2D eigenvalue weighted by atomic mass is 19.4. The van der Waals surface area contributed by atoms with E-state index < -0.39 is 17.8 Å². The first-order valence-corrected chi connectivity index (χ1v) is 11.8. The first kappa shape index (κ1) is 26.0. The Hall–Kier alpha value is -4.04. The molecular weight excluding hydrogens is 479 g/mol. The first-order chi connectivity index (χ1) is 17.6. The molecule has 8 heteroatoms. The third kappa shape index (κ3) is 6.40. The average molecular weight is 508 g/mol. The third-order valence-corrected chi connectivity index (χ3v) is 6.13. The van der Waals surface area contributed by atoms with Crippen molar-refractivity contribution in [2.45, 2.75) is 18.7 Å². The van der Waals surface area contributed by atoms with E-state index in [2.05, 4.69) is 10.6 Å².